The lowest BCUT2D eigenvalue weighted by Crippen LogP contribution is -2.49. The number of fused-ring (bicyclic) bond motifs is 3. The molecular formula is C15H18O3. The summed E-state index contributed by atoms with van der Waals surface area (Å²) in [5, 5.41) is 0. The van der Waals surface area contributed by atoms with E-state index in [2.05, 4.69) is 26.5 Å². The van der Waals surface area contributed by atoms with Crippen molar-refractivity contribution in [2.45, 2.75) is 50.4 Å². The molecule has 96 valence electrons. The molecule has 4 rings (SSSR count). The highest BCUT2D eigenvalue weighted by Crippen LogP contribution is 2.62. The fraction of sp³-hybridized carbons (Fsp3) is 0.667. The van der Waals surface area contributed by atoms with E-state index in [1.54, 1.807) is 0 Å². The van der Waals surface area contributed by atoms with Gasteiger partial charge in [-0.3, -0.25) is 0 Å². The van der Waals surface area contributed by atoms with Crippen LogP contribution in [0.25, 0.3) is 0 Å². The Kier molecular flexibility index (Phi) is 1.74. The van der Waals surface area contributed by atoms with E-state index in [1.807, 2.05) is 0 Å². The predicted molar refractivity (Wildman–Crippen MR) is 65.8 cm³/mol. The molecule has 0 aromatic carbocycles. The van der Waals surface area contributed by atoms with Gasteiger partial charge in [0.1, 0.15) is 11.7 Å². The van der Waals surface area contributed by atoms with Crippen LogP contribution in [0.5, 0.6) is 0 Å². The summed E-state index contributed by atoms with van der Waals surface area (Å²) in [4.78, 5) is 11.7. The monoisotopic (exact) mass is 246 g/mol. The molecule has 3 aliphatic heterocycles. The van der Waals surface area contributed by atoms with Crippen molar-refractivity contribution in [2.24, 2.45) is 11.8 Å². The van der Waals surface area contributed by atoms with E-state index < -0.39 is 5.60 Å². The average molecular weight is 246 g/mol. The van der Waals surface area contributed by atoms with Gasteiger partial charge in [0.2, 0.25) is 0 Å². The van der Waals surface area contributed by atoms with Crippen LogP contribution in [0.4, 0.5) is 0 Å². The number of hydrogen-bond acceptors (Lipinski definition) is 3. The zero-order chi connectivity index (χ0) is 12.7. The fourth-order valence-electron chi connectivity index (χ4n) is 4.60. The number of hydrogen-bond donors (Lipinski definition) is 0. The van der Waals surface area contributed by atoms with Gasteiger partial charge in [-0.25, -0.2) is 4.79 Å². The van der Waals surface area contributed by atoms with Gasteiger partial charge < -0.3 is 9.47 Å². The lowest BCUT2D eigenvalue weighted by molar-refractivity contribution is -0.158. The number of carbonyl (C=O) groups is 1. The minimum absolute atomic E-state index is 0.110. The molecule has 0 radical (unpaired) electrons. The number of rotatable bonds is 0. The molecule has 0 aromatic rings. The lowest BCUT2D eigenvalue weighted by atomic mass is 9.73. The molecule has 3 saturated heterocycles. The molecule has 0 aromatic heterocycles. The van der Waals surface area contributed by atoms with Gasteiger partial charge >= 0.3 is 5.97 Å². The first-order chi connectivity index (χ1) is 8.46. The Bertz CT molecular complexity index is 506. The van der Waals surface area contributed by atoms with Gasteiger partial charge in [0, 0.05) is 6.42 Å². The molecule has 0 saturated carbocycles. The van der Waals surface area contributed by atoms with Crippen molar-refractivity contribution >= 4 is 5.97 Å². The second-order valence-corrected chi connectivity index (χ2v) is 6.48. The van der Waals surface area contributed by atoms with E-state index in [4.69, 9.17) is 9.47 Å². The zero-order valence-electron chi connectivity index (χ0n) is 10.9. The van der Waals surface area contributed by atoms with Gasteiger partial charge in [-0.1, -0.05) is 18.2 Å². The van der Waals surface area contributed by atoms with Crippen LogP contribution in [0.2, 0.25) is 0 Å². The van der Waals surface area contributed by atoms with Crippen LogP contribution in [0, 0.1) is 11.8 Å². The molecule has 0 amide bonds. The SMILES string of the molecule is C=C1C(=O)O[C@H]2C[C@@]3(C)O[C@@]12C[C@H]1C(C)=CC[C@H]13. The van der Waals surface area contributed by atoms with E-state index >= 15 is 0 Å². The molecule has 5 atom stereocenters. The van der Waals surface area contributed by atoms with Gasteiger partial charge in [-0.05, 0) is 38.5 Å². The maximum absolute atomic E-state index is 11.7. The molecule has 3 heterocycles. The second-order valence-electron chi connectivity index (χ2n) is 6.48. The Balaban J connectivity index is 1.83. The van der Waals surface area contributed by atoms with E-state index in [0.717, 1.165) is 19.3 Å². The molecule has 18 heavy (non-hydrogen) atoms. The first kappa shape index (κ1) is 10.8. The van der Waals surface area contributed by atoms with Crippen LogP contribution in [0.15, 0.2) is 23.8 Å². The van der Waals surface area contributed by atoms with E-state index in [9.17, 15) is 4.79 Å². The number of esters is 1. The molecule has 1 aliphatic carbocycles. The maximum atomic E-state index is 11.7. The highest BCUT2D eigenvalue weighted by molar-refractivity contribution is 5.93. The van der Waals surface area contributed by atoms with Crippen molar-refractivity contribution in [3.05, 3.63) is 23.8 Å². The van der Waals surface area contributed by atoms with Gasteiger partial charge in [0.05, 0.1) is 11.2 Å². The summed E-state index contributed by atoms with van der Waals surface area (Å²) in [5.41, 5.74) is 1.29. The molecule has 2 bridgehead atoms. The summed E-state index contributed by atoms with van der Waals surface area (Å²) in [6.07, 6.45) is 5.00. The van der Waals surface area contributed by atoms with Crippen LogP contribution >= 0.6 is 0 Å². The highest BCUT2D eigenvalue weighted by atomic mass is 16.6. The topological polar surface area (TPSA) is 35.5 Å². The maximum Gasteiger partial charge on any atom is 0.336 e. The van der Waals surface area contributed by atoms with Gasteiger partial charge in [-0.15, -0.1) is 0 Å². The normalized spacial score (nSPS) is 53.0. The average Bonchev–Trinajstić information content (AvgIpc) is 2.85. The first-order valence-corrected chi connectivity index (χ1v) is 6.73. The van der Waals surface area contributed by atoms with Crippen LogP contribution in [-0.4, -0.2) is 23.3 Å². The smallest absolute Gasteiger partial charge is 0.336 e. The third-order valence-electron chi connectivity index (χ3n) is 5.60. The van der Waals surface area contributed by atoms with Crippen molar-refractivity contribution in [1.29, 1.82) is 0 Å². The Morgan fingerprint density at radius 1 is 1.44 bits per heavy atom. The molecule has 3 fully saturated rings. The van der Waals surface area contributed by atoms with Crippen LogP contribution in [-0.2, 0) is 14.3 Å². The molecule has 3 nitrogen and oxygen atoms in total. The van der Waals surface area contributed by atoms with Crippen LogP contribution in [0.1, 0.15) is 33.1 Å². The quantitative estimate of drug-likeness (QED) is 0.374. The lowest BCUT2D eigenvalue weighted by Gasteiger charge is -2.45. The summed E-state index contributed by atoms with van der Waals surface area (Å²) >= 11 is 0. The molecular weight excluding hydrogens is 228 g/mol. The molecule has 4 aliphatic rings. The molecule has 0 N–H and O–H groups in total. The molecule has 0 unspecified atom stereocenters. The summed E-state index contributed by atoms with van der Waals surface area (Å²) in [5.74, 6) is 0.806. The number of ether oxygens (including phenoxy) is 2. The van der Waals surface area contributed by atoms with Crippen molar-refractivity contribution in [3.63, 3.8) is 0 Å². The van der Waals surface area contributed by atoms with Crippen molar-refractivity contribution in [2.75, 3.05) is 0 Å². The summed E-state index contributed by atoms with van der Waals surface area (Å²) in [7, 11) is 0. The third kappa shape index (κ3) is 0.993. The standard InChI is InChI=1S/C15H18O3/c1-8-4-5-11-10(8)6-15-9(2)13(16)17-12(15)7-14(11,3)18-15/h4,10-12H,2,5-7H2,1,3H3/t10-,11+,12-,14+,15-/m0/s1. The van der Waals surface area contributed by atoms with Gasteiger partial charge in [0.25, 0.3) is 0 Å². The summed E-state index contributed by atoms with van der Waals surface area (Å²) in [6.45, 7) is 8.32. The summed E-state index contributed by atoms with van der Waals surface area (Å²) in [6, 6.07) is 0. The first-order valence-electron chi connectivity index (χ1n) is 6.73. The Labute approximate surface area is 107 Å². The minimum Gasteiger partial charge on any atom is -0.455 e. The second kappa shape index (κ2) is 2.90. The van der Waals surface area contributed by atoms with Crippen LogP contribution < -0.4 is 0 Å². The zero-order valence-corrected chi connectivity index (χ0v) is 10.9. The van der Waals surface area contributed by atoms with Crippen molar-refractivity contribution in [3.8, 4) is 0 Å². The highest BCUT2D eigenvalue weighted by Gasteiger charge is 2.69. The fourth-order valence-corrected chi connectivity index (χ4v) is 4.60. The molecule has 1 spiro atoms. The Morgan fingerprint density at radius 2 is 2.22 bits per heavy atom. The van der Waals surface area contributed by atoms with Crippen LogP contribution in [0.3, 0.4) is 0 Å². The minimum atomic E-state index is -0.535. The van der Waals surface area contributed by atoms with Crippen molar-refractivity contribution in [1.82, 2.24) is 0 Å². The van der Waals surface area contributed by atoms with E-state index in [1.165, 1.54) is 5.57 Å². The van der Waals surface area contributed by atoms with E-state index in [-0.39, 0.29) is 17.7 Å². The van der Waals surface area contributed by atoms with E-state index in [0.29, 0.717) is 17.4 Å². The summed E-state index contributed by atoms with van der Waals surface area (Å²) < 4.78 is 11.8. The number of carbonyl (C=O) groups excluding carboxylic acids is 1. The van der Waals surface area contributed by atoms with Crippen molar-refractivity contribution < 1.29 is 14.3 Å². The molecule has 3 heteroatoms. The Hall–Kier alpha value is -1.09. The largest absolute Gasteiger partial charge is 0.455 e. The van der Waals surface area contributed by atoms with Gasteiger partial charge in [-0.2, -0.15) is 0 Å². The predicted octanol–water partition coefficient (Wildman–Crippen LogP) is 2.37. The Morgan fingerprint density at radius 3 is 3.00 bits per heavy atom. The van der Waals surface area contributed by atoms with Gasteiger partial charge in [0.15, 0.2) is 0 Å². The third-order valence-corrected chi connectivity index (χ3v) is 5.60. The number of allylic oxidation sites excluding steroid dienone is 2.